The number of hydrogen-bond donors (Lipinski definition) is 3. The molecule has 0 aliphatic carbocycles. The molecule has 0 spiro atoms. The first-order valence-electron chi connectivity index (χ1n) is 3.80. The molecule has 12 heavy (non-hydrogen) atoms. The van der Waals surface area contributed by atoms with E-state index in [1.165, 1.54) is 0 Å². The second-order valence-corrected chi connectivity index (χ2v) is 2.79. The molecule has 0 aromatic rings. The van der Waals surface area contributed by atoms with E-state index in [2.05, 4.69) is 17.9 Å². The van der Waals surface area contributed by atoms with Crippen LogP contribution < -0.4 is 11.1 Å². The molecule has 0 fully saturated rings. The maximum Gasteiger partial charge on any atom is 0.220 e. The highest BCUT2D eigenvalue weighted by Crippen LogP contribution is 1.90. The van der Waals surface area contributed by atoms with Crippen LogP contribution in [0.1, 0.15) is 12.8 Å². The number of ketones is 1. The first-order valence-corrected chi connectivity index (χ1v) is 4.43. The van der Waals surface area contributed by atoms with Crippen molar-refractivity contribution in [2.45, 2.75) is 12.8 Å². The molecule has 0 rings (SSSR count). The minimum Gasteiger partial charge on any atom is -0.349 e. The lowest BCUT2D eigenvalue weighted by molar-refractivity contribution is -0.124. The van der Waals surface area contributed by atoms with Crippen molar-refractivity contribution in [3.63, 3.8) is 0 Å². The Kier molecular flexibility index (Phi) is 6.79. The maximum absolute atomic E-state index is 10.9. The van der Waals surface area contributed by atoms with Gasteiger partial charge in [-0.05, 0) is 12.2 Å². The molecule has 0 aliphatic rings. The highest BCUT2D eigenvalue weighted by molar-refractivity contribution is 7.80. The Morgan fingerprint density at radius 2 is 2.08 bits per heavy atom. The summed E-state index contributed by atoms with van der Waals surface area (Å²) in [5.41, 5.74) is 5.05. The van der Waals surface area contributed by atoms with Gasteiger partial charge >= 0.3 is 0 Å². The molecular formula is C7H14N2O2S. The van der Waals surface area contributed by atoms with E-state index in [0.717, 1.165) is 6.42 Å². The fourth-order valence-corrected chi connectivity index (χ4v) is 0.755. The van der Waals surface area contributed by atoms with E-state index < -0.39 is 0 Å². The van der Waals surface area contributed by atoms with Crippen molar-refractivity contribution in [2.24, 2.45) is 5.73 Å². The van der Waals surface area contributed by atoms with Gasteiger partial charge in [0.1, 0.15) is 0 Å². The fourth-order valence-electron chi connectivity index (χ4n) is 0.597. The number of nitrogens with one attached hydrogen (secondary N) is 1. The SMILES string of the molecule is NCC(=O)CNC(=O)CCCS. The third kappa shape index (κ3) is 6.18. The molecular weight excluding hydrogens is 176 g/mol. The van der Waals surface area contributed by atoms with Crippen LogP contribution in [0.25, 0.3) is 0 Å². The zero-order valence-electron chi connectivity index (χ0n) is 6.88. The van der Waals surface area contributed by atoms with Gasteiger partial charge in [-0.2, -0.15) is 12.6 Å². The summed E-state index contributed by atoms with van der Waals surface area (Å²) in [5.74, 6) is 0.401. The van der Waals surface area contributed by atoms with Crippen molar-refractivity contribution in [2.75, 3.05) is 18.8 Å². The van der Waals surface area contributed by atoms with Crippen LogP contribution in [0.2, 0.25) is 0 Å². The molecule has 0 bridgehead atoms. The van der Waals surface area contributed by atoms with Gasteiger partial charge in [-0.15, -0.1) is 0 Å². The van der Waals surface area contributed by atoms with Gasteiger partial charge in [0, 0.05) is 6.42 Å². The monoisotopic (exact) mass is 190 g/mol. The Bertz CT molecular complexity index is 161. The molecule has 70 valence electrons. The van der Waals surface area contributed by atoms with Gasteiger partial charge in [-0.25, -0.2) is 0 Å². The summed E-state index contributed by atoms with van der Waals surface area (Å²) in [6.45, 7) is 0.0226. The van der Waals surface area contributed by atoms with Crippen LogP contribution in [-0.4, -0.2) is 30.5 Å². The summed E-state index contributed by atoms with van der Waals surface area (Å²) in [4.78, 5) is 21.5. The Labute approximate surface area is 77.3 Å². The van der Waals surface area contributed by atoms with E-state index in [4.69, 9.17) is 5.73 Å². The molecule has 0 unspecified atom stereocenters. The molecule has 1 amide bonds. The van der Waals surface area contributed by atoms with Crippen molar-refractivity contribution < 1.29 is 9.59 Å². The summed E-state index contributed by atoms with van der Waals surface area (Å²) in [6.07, 6.45) is 1.15. The third-order valence-corrected chi connectivity index (χ3v) is 1.59. The Balaban J connectivity index is 3.37. The number of thiol groups is 1. The van der Waals surface area contributed by atoms with E-state index in [-0.39, 0.29) is 24.8 Å². The van der Waals surface area contributed by atoms with Crippen molar-refractivity contribution in [1.29, 1.82) is 0 Å². The fraction of sp³-hybridized carbons (Fsp3) is 0.714. The quantitative estimate of drug-likeness (QED) is 0.487. The van der Waals surface area contributed by atoms with Gasteiger partial charge in [0.15, 0.2) is 5.78 Å². The van der Waals surface area contributed by atoms with E-state index in [1.807, 2.05) is 0 Å². The van der Waals surface area contributed by atoms with E-state index in [1.54, 1.807) is 0 Å². The van der Waals surface area contributed by atoms with Gasteiger partial charge in [-0.3, -0.25) is 9.59 Å². The predicted molar refractivity (Wildman–Crippen MR) is 50.2 cm³/mol. The van der Waals surface area contributed by atoms with Crippen LogP contribution in [0.15, 0.2) is 0 Å². The lowest BCUT2D eigenvalue weighted by Crippen LogP contribution is -2.32. The second kappa shape index (κ2) is 7.12. The van der Waals surface area contributed by atoms with Crippen LogP contribution in [0.4, 0.5) is 0 Å². The summed E-state index contributed by atoms with van der Waals surface area (Å²) in [7, 11) is 0. The van der Waals surface area contributed by atoms with E-state index in [0.29, 0.717) is 12.2 Å². The van der Waals surface area contributed by atoms with Crippen molar-refractivity contribution in [3.8, 4) is 0 Å². The maximum atomic E-state index is 10.9. The normalized spacial score (nSPS) is 9.50. The molecule has 3 N–H and O–H groups in total. The molecule has 0 aliphatic heterocycles. The summed E-state index contributed by atoms with van der Waals surface area (Å²) in [6, 6.07) is 0. The number of carbonyl (C=O) groups is 2. The molecule has 0 aromatic carbocycles. The molecule has 5 heteroatoms. The minimum absolute atomic E-state index is 0.0210. The largest absolute Gasteiger partial charge is 0.349 e. The van der Waals surface area contributed by atoms with Crippen LogP contribution in [0.5, 0.6) is 0 Å². The Morgan fingerprint density at radius 3 is 2.58 bits per heavy atom. The summed E-state index contributed by atoms with van der Waals surface area (Å²) < 4.78 is 0. The zero-order valence-corrected chi connectivity index (χ0v) is 7.77. The zero-order chi connectivity index (χ0) is 9.40. The smallest absolute Gasteiger partial charge is 0.220 e. The van der Waals surface area contributed by atoms with Crippen molar-refractivity contribution >= 4 is 24.3 Å². The Hall–Kier alpha value is -0.550. The van der Waals surface area contributed by atoms with E-state index >= 15 is 0 Å². The highest BCUT2D eigenvalue weighted by Gasteiger charge is 2.02. The second-order valence-electron chi connectivity index (χ2n) is 2.35. The molecule has 0 heterocycles. The lowest BCUT2D eigenvalue weighted by Gasteiger charge is -2.01. The van der Waals surface area contributed by atoms with Crippen LogP contribution in [0, 0.1) is 0 Å². The highest BCUT2D eigenvalue weighted by atomic mass is 32.1. The molecule has 4 nitrogen and oxygen atoms in total. The summed E-state index contributed by atoms with van der Waals surface area (Å²) >= 11 is 3.96. The van der Waals surface area contributed by atoms with Gasteiger partial charge < -0.3 is 11.1 Å². The first kappa shape index (κ1) is 11.4. The minimum atomic E-state index is -0.158. The molecule has 0 radical (unpaired) electrons. The van der Waals surface area contributed by atoms with Crippen molar-refractivity contribution in [3.05, 3.63) is 0 Å². The third-order valence-electron chi connectivity index (χ3n) is 1.27. The number of nitrogens with two attached hydrogens (primary N) is 1. The standard InChI is InChI=1S/C7H14N2O2S/c8-4-6(10)5-9-7(11)2-1-3-12/h12H,1-5,8H2,(H,9,11). The van der Waals surface area contributed by atoms with Crippen LogP contribution in [0.3, 0.4) is 0 Å². The van der Waals surface area contributed by atoms with Gasteiger partial charge in [0.25, 0.3) is 0 Å². The topological polar surface area (TPSA) is 72.2 Å². The average molecular weight is 190 g/mol. The lowest BCUT2D eigenvalue weighted by atomic mass is 10.3. The Morgan fingerprint density at radius 1 is 1.42 bits per heavy atom. The first-order chi connectivity index (χ1) is 5.70. The number of amides is 1. The predicted octanol–water partition coefficient (Wildman–Crippen LogP) is -0.660. The molecule has 0 saturated carbocycles. The number of Topliss-reactive ketones (excluding diaryl/α,β-unsaturated/α-hetero) is 1. The van der Waals surface area contributed by atoms with Gasteiger partial charge in [-0.1, -0.05) is 0 Å². The summed E-state index contributed by atoms with van der Waals surface area (Å²) in [5, 5.41) is 2.47. The number of hydrogen-bond acceptors (Lipinski definition) is 4. The van der Waals surface area contributed by atoms with Crippen molar-refractivity contribution in [1.82, 2.24) is 5.32 Å². The number of carbonyl (C=O) groups excluding carboxylic acids is 2. The molecule has 0 saturated heterocycles. The average Bonchev–Trinajstić information content (AvgIpc) is 2.10. The van der Waals surface area contributed by atoms with Crippen LogP contribution >= 0.6 is 12.6 Å². The van der Waals surface area contributed by atoms with Crippen LogP contribution in [-0.2, 0) is 9.59 Å². The van der Waals surface area contributed by atoms with Gasteiger partial charge in [0.05, 0.1) is 13.1 Å². The molecule has 0 aromatic heterocycles. The van der Waals surface area contributed by atoms with Gasteiger partial charge in [0.2, 0.25) is 5.91 Å². The number of rotatable bonds is 6. The van der Waals surface area contributed by atoms with E-state index in [9.17, 15) is 9.59 Å². The molecule has 0 atom stereocenters.